The number of nitrogens with zero attached hydrogens (tertiary/aromatic N) is 1. The van der Waals surface area contributed by atoms with Crippen LogP contribution < -0.4 is 29.6 Å². The van der Waals surface area contributed by atoms with Crippen LogP contribution in [0.2, 0.25) is 0 Å². The molecule has 0 unspecified atom stereocenters. The number of hydrogen-bond donors (Lipinski definition) is 2. The number of para-hydroxylation sites is 1. The molecule has 0 aliphatic heterocycles. The van der Waals surface area contributed by atoms with Gasteiger partial charge in [-0.3, -0.25) is 4.99 Å². The van der Waals surface area contributed by atoms with Gasteiger partial charge < -0.3 is 29.6 Å². The molecule has 2 rings (SSSR count). The molecule has 0 spiro atoms. The van der Waals surface area contributed by atoms with Crippen LogP contribution in [0, 0.1) is 0 Å². The van der Waals surface area contributed by atoms with E-state index in [0.717, 1.165) is 29.8 Å². The molecule has 0 saturated carbocycles. The molecule has 2 aromatic carbocycles. The number of guanidine groups is 1. The van der Waals surface area contributed by atoms with Gasteiger partial charge in [-0.1, -0.05) is 18.2 Å². The molecule has 2 aromatic rings. The average Bonchev–Trinajstić information content (AvgIpc) is 2.75. The number of nitrogens with one attached hydrogen (secondary N) is 2. The Labute approximate surface area is 166 Å². The average molecular weight is 387 g/mol. The number of ether oxygens (including phenoxy) is 4. The van der Waals surface area contributed by atoms with E-state index in [0.29, 0.717) is 29.8 Å². The minimum atomic E-state index is 0.561. The normalized spacial score (nSPS) is 11.0. The Kier molecular flexibility index (Phi) is 8.27. The minimum absolute atomic E-state index is 0.561. The van der Waals surface area contributed by atoms with E-state index in [1.165, 1.54) is 0 Å². The second-order valence-corrected chi connectivity index (χ2v) is 5.95. The van der Waals surface area contributed by atoms with E-state index in [1.807, 2.05) is 30.3 Å². The van der Waals surface area contributed by atoms with E-state index in [1.54, 1.807) is 35.5 Å². The highest BCUT2D eigenvalue weighted by atomic mass is 16.5. The van der Waals surface area contributed by atoms with E-state index in [9.17, 15) is 0 Å². The van der Waals surface area contributed by atoms with Crippen molar-refractivity contribution in [1.82, 2.24) is 10.6 Å². The summed E-state index contributed by atoms with van der Waals surface area (Å²) in [5.41, 5.74) is 2.14. The third-order valence-electron chi connectivity index (χ3n) is 4.29. The summed E-state index contributed by atoms with van der Waals surface area (Å²) in [6.07, 6.45) is 0.828. The first kappa shape index (κ1) is 21.2. The standard InChI is InChI=1S/C21H29N3O4/c1-22-21(23-11-10-16-8-6-7-9-17(16)25-2)24-14-15-12-18(26-3)20(28-5)19(13-15)27-4/h6-9,12-13H,10-11,14H2,1-5H3,(H2,22,23,24). The Morgan fingerprint density at radius 2 is 1.50 bits per heavy atom. The van der Waals surface area contributed by atoms with Crippen LogP contribution in [-0.2, 0) is 13.0 Å². The van der Waals surface area contributed by atoms with Gasteiger partial charge in [0.25, 0.3) is 0 Å². The molecule has 0 aliphatic rings. The summed E-state index contributed by atoms with van der Waals surface area (Å²) in [5.74, 6) is 3.43. The highest BCUT2D eigenvalue weighted by Gasteiger charge is 2.13. The van der Waals surface area contributed by atoms with Gasteiger partial charge in [0.2, 0.25) is 5.75 Å². The van der Waals surface area contributed by atoms with Crippen molar-refractivity contribution in [3.05, 3.63) is 47.5 Å². The molecule has 7 heteroatoms. The maximum absolute atomic E-state index is 5.40. The molecular weight excluding hydrogens is 358 g/mol. The van der Waals surface area contributed by atoms with E-state index in [4.69, 9.17) is 18.9 Å². The number of rotatable bonds is 9. The summed E-state index contributed by atoms with van der Waals surface area (Å²) >= 11 is 0. The van der Waals surface area contributed by atoms with Gasteiger partial charge in [0.05, 0.1) is 28.4 Å². The molecule has 28 heavy (non-hydrogen) atoms. The van der Waals surface area contributed by atoms with Crippen LogP contribution in [0.25, 0.3) is 0 Å². The number of benzene rings is 2. The Morgan fingerprint density at radius 1 is 0.857 bits per heavy atom. The molecule has 7 nitrogen and oxygen atoms in total. The summed E-state index contributed by atoms with van der Waals surface area (Å²) in [4.78, 5) is 4.27. The Balaban J connectivity index is 1.95. The lowest BCUT2D eigenvalue weighted by molar-refractivity contribution is 0.323. The largest absolute Gasteiger partial charge is 0.496 e. The van der Waals surface area contributed by atoms with Crippen LogP contribution in [0.4, 0.5) is 0 Å². The van der Waals surface area contributed by atoms with Crippen molar-refractivity contribution in [1.29, 1.82) is 0 Å². The fraction of sp³-hybridized carbons (Fsp3) is 0.381. The zero-order valence-electron chi connectivity index (χ0n) is 17.2. The summed E-state index contributed by atoms with van der Waals surface area (Å²) < 4.78 is 21.5. The van der Waals surface area contributed by atoms with Crippen molar-refractivity contribution in [2.24, 2.45) is 4.99 Å². The fourth-order valence-corrected chi connectivity index (χ4v) is 2.87. The second kappa shape index (κ2) is 10.9. The number of hydrogen-bond acceptors (Lipinski definition) is 5. The predicted octanol–water partition coefficient (Wildman–Crippen LogP) is 2.63. The van der Waals surface area contributed by atoms with E-state index >= 15 is 0 Å². The summed E-state index contributed by atoms with van der Waals surface area (Å²) in [5, 5.41) is 6.61. The lowest BCUT2D eigenvalue weighted by Gasteiger charge is -2.16. The van der Waals surface area contributed by atoms with Gasteiger partial charge in [-0.15, -0.1) is 0 Å². The van der Waals surface area contributed by atoms with Gasteiger partial charge in [-0.2, -0.15) is 0 Å². The van der Waals surface area contributed by atoms with Crippen molar-refractivity contribution >= 4 is 5.96 Å². The molecule has 0 amide bonds. The summed E-state index contributed by atoms with van der Waals surface area (Å²) in [6, 6.07) is 11.8. The smallest absolute Gasteiger partial charge is 0.203 e. The van der Waals surface area contributed by atoms with Crippen molar-refractivity contribution in [2.75, 3.05) is 42.0 Å². The molecule has 0 fully saturated rings. The van der Waals surface area contributed by atoms with Gasteiger partial charge in [0.1, 0.15) is 5.75 Å². The summed E-state index contributed by atoms with van der Waals surface area (Å²) in [6.45, 7) is 1.29. The summed E-state index contributed by atoms with van der Waals surface area (Å²) in [7, 11) is 8.23. The predicted molar refractivity (Wildman–Crippen MR) is 111 cm³/mol. The topological polar surface area (TPSA) is 73.3 Å². The third-order valence-corrected chi connectivity index (χ3v) is 4.29. The number of methoxy groups -OCH3 is 4. The maximum atomic E-state index is 5.40. The van der Waals surface area contributed by atoms with Gasteiger partial charge in [-0.05, 0) is 35.7 Å². The van der Waals surface area contributed by atoms with Crippen LogP contribution in [-0.4, -0.2) is 48.0 Å². The molecule has 0 bridgehead atoms. The maximum Gasteiger partial charge on any atom is 0.203 e. The van der Waals surface area contributed by atoms with Crippen LogP contribution in [0.3, 0.4) is 0 Å². The van der Waals surface area contributed by atoms with Crippen molar-refractivity contribution in [2.45, 2.75) is 13.0 Å². The van der Waals surface area contributed by atoms with E-state index < -0.39 is 0 Å². The van der Waals surface area contributed by atoms with Crippen LogP contribution in [0.15, 0.2) is 41.4 Å². The fourth-order valence-electron chi connectivity index (χ4n) is 2.87. The SMILES string of the molecule is CN=C(NCCc1ccccc1OC)NCc1cc(OC)c(OC)c(OC)c1. The van der Waals surface area contributed by atoms with Crippen molar-refractivity contribution in [3.8, 4) is 23.0 Å². The first-order valence-electron chi connectivity index (χ1n) is 9.02. The van der Waals surface area contributed by atoms with Crippen LogP contribution in [0.5, 0.6) is 23.0 Å². The molecule has 0 saturated heterocycles. The molecule has 0 aromatic heterocycles. The Hall–Kier alpha value is -3.09. The highest BCUT2D eigenvalue weighted by molar-refractivity contribution is 5.79. The van der Waals surface area contributed by atoms with Gasteiger partial charge >= 0.3 is 0 Å². The van der Waals surface area contributed by atoms with Gasteiger partial charge in [0, 0.05) is 20.1 Å². The lowest BCUT2D eigenvalue weighted by atomic mass is 10.1. The zero-order valence-corrected chi connectivity index (χ0v) is 17.2. The molecular formula is C21H29N3O4. The van der Waals surface area contributed by atoms with Crippen molar-refractivity contribution in [3.63, 3.8) is 0 Å². The van der Waals surface area contributed by atoms with Crippen LogP contribution >= 0.6 is 0 Å². The lowest BCUT2D eigenvalue weighted by Crippen LogP contribution is -2.37. The monoisotopic (exact) mass is 387 g/mol. The molecule has 0 radical (unpaired) electrons. The van der Waals surface area contributed by atoms with E-state index in [2.05, 4.69) is 21.7 Å². The molecule has 0 atom stereocenters. The van der Waals surface area contributed by atoms with Crippen molar-refractivity contribution < 1.29 is 18.9 Å². The molecule has 2 N–H and O–H groups in total. The first-order chi connectivity index (χ1) is 13.7. The second-order valence-electron chi connectivity index (χ2n) is 5.95. The highest BCUT2D eigenvalue weighted by Crippen LogP contribution is 2.38. The van der Waals surface area contributed by atoms with Gasteiger partial charge in [-0.25, -0.2) is 0 Å². The molecule has 152 valence electrons. The first-order valence-corrected chi connectivity index (χ1v) is 9.02. The Morgan fingerprint density at radius 3 is 2.07 bits per heavy atom. The number of aliphatic imine (C=N–C) groups is 1. The third kappa shape index (κ3) is 5.45. The Bertz CT molecular complexity index is 768. The zero-order chi connectivity index (χ0) is 20.4. The van der Waals surface area contributed by atoms with Crippen LogP contribution in [0.1, 0.15) is 11.1 Å². The quantitative estimate of drug-likeness (QED) is 0.509. The molecule has 0 heterocycles. The van der Waals surface area contributed by atoms with E-state index in [-0.39, 0.29) is 0 Å². The molecule has 0 aliphatic carbocycles. The minimum Gasteiger partial charge on any atom is -0.496 e. The van der Waals surface area contributed by atoms with Gasteiger partial charge in [0.15, 0.2) is 17.5 Å².